The van der Waals surface area contributed by atoms with Crippen molar-refractivity contribution in [2.75, 3.05) is 0 Å². The molecule has 1 aromatic heterocycles. The van der Waals surface area contributed by atoms with Crippen LogP contribution in [0, 0.1) is 0 Å². The number of hydrazone groups is 1. The number of carbonyl (C=O) groups excluding carboxylic acids is 1. The average Bonchev–Trinajstić information content (AvgIpc) is 3.17. The zero-order valence-electron chi connectivity index (χ0n) is 15.3. The van der Waals surface area contributed by atoms with E-state index in [1.165, 1.54) is 6.07 Å². The second kappa shape index (κ2) is 7.40. The van der Waals surface area contributed by atoms with Crippen molar-refractivity contribution in [3.63, 3.8) is 0 Å². The second-order valence-corrected chi connectivity index (χ2v) is 6.51. The predicted octanol–water partition coefficient (Wildman–Crippen LogP) is 4.69. The van der Waals surface area contributed by atoms with Gasteiger partial charge in [0, 0.05) is 10.9 Å². The number of phenols is 1. The van der Waals surface area contributed by atoms with Crippen molar-refractivity contribution >= 4 is 22.5 Å². The van der Waals surface area contributed by atoms with Gasteiger partial charge in [0.2, 0.25) is 0 Å². The van der Waals surface area contributed by atoms with Crippen molar-refractivity contribution in [3.8, 4) is 16.9 Å². The number of carbonyl (C=O) groups is 1. The average molecular weight is 369 g/mol. The highest BCUT2D eigenvalue weighted by atomic mass is 16.3. The van der Waals surface area contributed by atoms with Gasteiger partial charge >= 0.3 is 0 Å². The first kappa shape index (κ1) is 17.5. The lowest BCUT2D eigenvalue weighted by Crippen LogP contribution is -2.19. The molecule has 138 valence electrons. The molecule has 5 nitrogen and oxygen atoms in total. The van der Waals surface area contributed by atoms with Gasteiger partial charge in [0.1, 0.15) is 5.75 Å². The van der Waals surface area contributed by atoms with Crippen LogP contribution in [0.4, 0.5) is 0 Å². The van der Waals surface area contributed by atoms with Crippen LogP contribution in [0.5, 0.6) is 5.75 Å². The number of aromatic hydroxyl groups is 1. The summed E-state index contributed by atoms with van der Waals surface area (Å²) in [7, 11) is 0. The summed E-state index contributed by atoms with van der Waals surface area (Å²) in [6.07, 6.45) is 0. The van der Waals surface area contributed by atoms with E-state index in [9.17, 15) is 9.90 Å². The van der Waals surface area contributed by atoms with Crippen molar-refractivity contribution in [2.24, 2.45) is 5.10 Å². The minimum atomic E-state index is -0.467. The molecule has 4 rings (SSSR count). The molecule has 0 aliphatic carbocycles. The SMILES string of the molecule is C/C(=N\NC(=O)c1cc(-c2ccccc2)ccc1O)c1cc2ccccc2[nH]1. The molecule has 0 aliphatic rings. The van der Waals surface area contributed by atoms with Crippen molar-refractivity contribution < 1.29 is 9.90 Å². The molecule has 3 N–H and O–H groups in total. The molecule has 0 spiro atoms. The number of hydrogen-bond acceptors (Lipinski definition) is 3. The Morgan fingerprint density at radius 2 is 1.68 bits per heavy atom. The molecule has 0 atom stereocenters. The Morgan fingerprint density at radius 1 is 0.929 bits per heavy atom. The summed E-state index contributed by atoms with van der Waals surface area (Å²) < 4.78 is 0. The van der Waals surface area contributed by atoms with E-state index in [0.29, 0.717) is 5.71 Å². The molecule has 0 saturated carbocycles. The number of phenolic OH excluding ortho intramolecular Hbond substituents is 1. The van der Waals surface area contributed by atoms with Crippen molar-refractivity contribution in [1.82, 2.24) is 10.4 Å². The zero-order valence-corrected chi connectivity index (χ0v) is 15.3. The molecule has 1 amide bonds. The molecule has 4 aromatic rings. The summed E-state index contributed by atoms with van der Waals surface area (Å²) in [4.78, 5) is 15.8. The maximum atomic E-state index is 12.6. The van der Waals surface area contributed by atoms with Crippen LogP contribution in [0.1, 0.15) is 23.0 Å². The Labute approximate surface area is 162 Å². The molecule has 0 radical (unpaired) electrons. The van der Waals surface area contributed by atoms with E-state index in [4.69, 9.17) is 0 Å². The van der Waals surface area contributed by atoms with E-state index in [0.717, 1.165) is 27.7 Å². The number of aromatic nitrogens is 1. The Bertz CT molecular complexity index is 1140. The van der Waals surface area contributed by atoms with E-state index in [-0.39, 0.29) is 11.3 Å². The van der Waals surface area contributed by atoms with E-state index >= 15 is 0 Å². The fourth-order valence-electron chi connectivity index (χ4n) is 3.05. The van der Waals surface area contributed by atoms with Gasteiger partial charge in [-0.1, -0.05) is 54.6 Å². The molecule has 28 heavy (non-hydrogen) atoms. The van der Waals surface area contributed by atoms with Gasteiger partial charge in [0.25, 0.3) is 5.91 Å². The monoisotopic (exact) mass is 369 g/mol. The number of hydrogen-bond donors (Lipinski definition) is 3. The summed E-state index contributed by atoms with van der Waals surface area (Å²) >= 11 is 0. The van der Waals surface area contributed by atoms with Gasteiger partial charge in [-0.2, -0.15) is 5.10 Å². The fraction of sp³-hybridized carbons (Fsp3) is 0.0435. The molecule has 0 fully saturated rings. The fourth-order valence-corrected chi connectivity index (χ4v) is 3.05. The molecular formula is C23H19N3O2. The maximum absolute atomic E-state index is 12.6. The summed E-state index contributed by atoms with van der Waals surface area (Å²) in [6, 6.07) is 24.5. The van der Waals surface area contributed by atoms with Crippen LogP contribution >= 0.6 is 0 Å². The molecular weight excluding hydrogens is 350 g/mol. The first-order valence-corrected chi connectivity index (χ1v) is 8.93. The summed E-state index contributed by atoms with van der Waals surface area (Å²) in [5, 5.41) is 15.4. The minimum absolute atomic E-state index is 0.0874. The number of rotatable bonds is 4. The first-order chi connectivity index (χ1) is 13.6. The van der Waals surface area contributed by atoms with Crippen LogP contribution in [0.15, 0.2) is 84.0 Å². The highest BCUT2D eigenvalue weighted by Crippen LogP contribution is 2.26. The minimum Gasteiger partial charge on any atom is -0.507 e. The van der Waals surface area contributed by atoms with Gasteiger partial charge in [0.15, 0.2) is 0 Å². The topological polar surface area (TPSA) is 77.5 Å². The molecule has 0 unspecified atom stereocenters. The van der Waals surface area contributed by atoms with Crippen LogP contribution in [-0.4, -0.2) is 21.7 Å². The number of aromatic amines is 1. The maximum Gasteiger partial charge on any atom is 0.275 e. The van der Waals surface area contributed by atoms with Gasteiger partial charge in [-0.05, 0) is 42.3 Å². The highest BCUT2D eigenvalue weighted by Gasteiger charge is 2.13. The Morgan fingerprint density at radius 3 is 2.46 bits per heavy atom. The van der Waals surface area contributed by atoms with Gasteiger partial charge in [-0.25, -0.2) is 5.43 Å². The lowest BCUT2D eigenvalue weighted by atomic mass is 10.0. The lowest BCUT2D eigenvalue weighted by Gasteiger charge is -2.07. The van der Waals surface area contributed by atoms with Crippen LogP contribution in [-0.2, 0) is 0 Å². The van der Waals surface area contributed by atoms with Gasteiger partial charge in [0.05, 0.1) is 17.0 Å². The number of H-pyrrole nitrogens is 1. The molecule has 1 heterocycles. The van der Waals surface area contributed by atoms with Crippen LogP contribution in [0.25, 0.3) is 22.0 Å². The normalized spacial score (nSPS) is 11.5. The van der Waals surface area contributed by atoms with Gasteiger partial charge in [-0.15, -0.1) is 0 Å². The quantitative estimate of drug-likeness (QED) is 0.360. The molecule has 0 saturated heterocycles. The zero-order chi connectivity index (χ0) is 19.5. The lowest BCUT2D eigenvalue weighted by molar-refractivity contribution is 0.0952. The number of nitrogens with one attached hydrogen (secondary N) is 2. The summed E-state index contributed by atoms with van der Waals surface area (Å²) in [5.41, 5.74) is 6.99. The number of fused-ring (bicyclic) bond motifs is 1. The predicted molar refractivity (Wildman–Crippen MR) is 112 cm³/mol. The number of nitrogens with zero attached hydrogens (tertiary/aromatic N) is 1. The summed E-state index contributed by atoms with van der Waals surface area (Å²) in [6.45, 7) is 1.81. The number of para-hydroxylation sites is 1. The first-order valence-electron chi connectivity index (χ1n) is 8.93. The van der Waals surface area contributed by atoms with Crippen molar-refractivity contribution in [3.05, 3.63) is 90.1 Å². The third-order valence-electron chi connectivity index (χ3n) is 4.59. The van der Waals surface area contributed by atoms with E-state index in [2.05, 4.69) is 15.5 Å². The number of benzene rings is 3. The Hall–Kier alpha value is -3.86. The third kappa shape index (κ3) is 3.50. The van der Waals surface area contributed by atoms with Crippen molar-refractivity contribution in [2.45, 2.75) is 6.92 Å². The molecule has 3 aromatic carbocycles. The van der Waals surface area contributed by atoms with E-state index in [1.807, 2.05) is 67.6 Å². The third-order valence-corrected chi connectivity index (χ3v) is 4.59. The summed E-state index contributed by atoms with van der Waals surface area (Å²) in [5.74, 6) is -0.554. The van der Waals surface area contributed by atoms with Crippen LogP contribution < -0.4 is 5.43 Å². The Kier molecular flexibility index (Phi) is 4.64. The standard InChI is InChI=1S/C23H19N3O2/c1-15(21-14-18-9-5-6-10-20(18)24-21)25-26-23(28)19-13-17(11-12-22(19)27)16-7-3-2-4-8-16/h2-14,24,27H,1H3,(H,26,28)/b25-15+. The number of amides is 1. The van der Waals surface area contributed by atoms with E-state index in [1.54, 1.807) is 12.1 Å². The van der Waals surface area contributed by atoms with Gasteiger partial charge in [-0.3, -0.25) is 4.79 Å². The smallest absolute Gasteiger partial charge is 0.275 e. The van der Waals surface area contributed by atoms with E-state index < -0.39 is 5.91 Å². The second-order valence-electron chi connectivity index (χ2n) is 6.51. The van der Waals surface area contributed by atoms with Gasteiger partial charge < -0.3 is 10.1 Å². The van der Waals surface area contributed by atoms with Crippen LogP contribution in [0.2, 0.25) is 0 Å². The molecule has 0 bridgehead atoms. The van der Waals surface area contributed by atoms with Crippen molar-refractivity contribution in [1.29, 1.82) is 0 Å². The highest BCUT2D eigenvalue weighted by molar-refractivity contribution is 6.03. The molecule has 0 aliphatic heterocycles. The molecule has 5 heteroatoms. The van der Waals surface area contributed by atoms with Crippen LogP contribution in [0.3, 0.4) is 0 Å². The largest absolute Gasteiger partial charge is 0.507 e. The Balaban J connectivity index is 1.57.